The lowest BCUT2D eigenvalue weighted by Gasteiger charge is -2.36. The summed E-state index contributed by atoms with van der Waals surface area (Å²) in [5, 5.41) is 0. The van der Waals surface area contributed by atoms with Crippen molar-refractivity contribution < 1.29 is 13.2 Å². The van der Waals surface area contributed by atoms with Gasteiger partial charge in [-0.15, -0.1) is 0 Å². The number of amides is 1. The molecule has 2 fully saturated rings. The van der Waals surface area contributed by atoms with E-state index in [9.17, 15) is 13.2 Å². The second-order valence-corrected chi connectivity index (χ2v) is 9.29. The minimum atomic E-state index is -3.65. The van der Waals surface area contributed by atoms with Gasteiger partial charge in [0.05, 0.1) is 4.90 Å². The number of sulfonamides is 1. The minimum Gasteiger partial charge on any atom is -0.339 e. The van der Waals surface area contributed by atoms with Crippen LogP contribution in [0.4, 0.5) is 0 Å². The number of halogens is 1. The number of benzene rings is 1. The summed E-state index contributed by atoms with van der Waals surface area (Å²) in [6, 6.07) is 6.02. The molecule has 2 aliphatic heterocycles. The Kier molecular flexibility index (Phi) is 5.82. The summed E-state index contributed by atoms with van der Waals surface area (Å²) in [6.07, 6.45) is 1.32. The maximum atomic E-state index is 13.0. The monoisotopic (exact) mass is 429 g/mol. The van der Waals surface area contributed by atoms with Crippen molar-refractivity contribution in [3.05, 3.63) is 28.7 Å². The molecule has 1 atom stereocenters. The van der Waals surface area contributed by atoms with Crippen LogP contribution in [-0.4, -0.2) is 73.7 Å². The average molecular weight is 430 g/mol. The van der Waals surface area contributed by atoms with Crippen LogP contribution in [0.15, 0.2) is 33.6 Å². The van der Waals surface area contributed by atoms with Crippen molar-refractivity contribution in [3.8, 4) is 0 Å². The van der Waals surface area contributed by atoms with Gasteiger partial charge in [0.25, 0.3) is 0 Å². The van der Waals surface area contributed by atoms with Gasteiger partial charge in [-0.1, -0.05) is 22.9 Å². The average Bonchev–Trinajstić information content (AvgIpc) is 3.12. The van der Waals surface area contributed by atoms with E-state index in [0.717, 1.165) is 30.5 Å². The lowest BCUT2D eigenvalue weighted by Crippen LogP contribution is -2.54. The van der Waals surface area contributed by atoms with Crippen molar-refractivity contribution in [1.29, 1.82) is 0 Å². The number of likely N-dealkylation sites (N-methyl/N-ethyl adjacent to an activating group) is 1. The number of carbonyl (C=O) groups excluding carboxylic acids is 1. The van der Waals surface area contributed by atoms with Gasteiger partial charge in [0.2, 0.25) is 15.9 Å². The van der Waals surface area contributed by atoms with Gasteiger partial charge in [-0.2, -0.15) is 4.31 Å². The van der Waals surface area contributed by atoms with Gasteiger partial charge in [-0.25, -0.2) is 8.42 Å². The highest BCUT2D eigenvalue weighted by atomic mass is 79.9. The Morgan fingerprint density at radius 2 is 1.76 bits per heavy atom. The van der Waals surface area contributed by atoms with Gasteiger partial charge in [0.1, 0.15) is 6.04 Å². The molecule has 6 nitrogen and oxygen atoms in total. The van der Waals surface area contributed by atoms with E-state index in [1.165, 1.54) is 4.31 Å². The molecule has 1 aromatic carbocycles. The molecule has 0 saturated carbocycles. The Balaban J connectivity index is 1.76. The number of rotatable bonds is 4. The second kappa shape index (κ2) is 7.73. The highest BCUT2D eigenvalue weighted by Gasteiger charge is 2.41. The zero-order valence-corrected chi connectivity index (χ0v) is 16.8. The molecule has 138 valence electrons. The number of piperazine rings is 1. The Morgan fingerprint density at radius 1 is 1.12 bits per heavy atom. The highest BCUT2D eigenvalue weighted by Crippen LogP contribution is 2.28. The topological polar surface area (TPSA) is 60.9 Å². The van der Waals surface area contributed by atoms with Crippen LogP contribution in [-0.2, 0) is 14.8 Å². The fraction of sp³-hybridized carbons (Fsp3) is 0.588. The van der Waals surface area contributed by atoms with Crippen molar-refractivity contribution in [2.75, 3.05) is 39.3 Å². The van der Waals surface area contributed by atoms with Crippen LogP contribution in [0.2, 0.25) is 0 Å². The first-order chi connectivity index (χ1) is 11.9. The third-order valence-electron chi connectivity index (χ3n) is 5.04. The summed E-state index contributed by atoms with van der Waals surface area (Å²) in [4.78, 5) is 17.3. The van der Waals surface area contributed by atoms with E-state index in [2.05, 4.69) is 27.8 Å². The van der Waals surface area contributed by atoms with E-state index in [-0.39, 0.29) is 10.8 Å². The Bertz CT molecular complexity index is 715. The standard InChI is InChI=1S/C17H24BrN3O3S/c1-2-19-10-12-20(13-11-19)17(22)16-4-3-9-21(16)25(23,24)15-7-5-14(18)6-8-15/h5-8,16H,2-4,9-13H2,1H3. The van der Waals surface area contributed by atoms with Crippen LogP contribution in [0, 0.1) is 0 Å². The zero-order valence-electron chi connectivity index (χ0n) is 14.4. The maximum Gasteiger partial charge on any atom is 0.243 e. The molecule has 0 spiro atoms. The lowest BCUT2D eigenvalue weighted by atomic mass is 10.2. The van der Waals surface area contributed by atoms with Crippen LogP contribution >= 0.6 is 15.9 Å². The van der Waals surface area contributed by atoms with Crippen LogP contribution < -0.4 is 0 Å². The molecule has 1 aromatic rings. The van der Waals surface area contributed by atoms with Gasteiger partial charge in [0, 0.05) is 37.2 Å². The minimum absolute atomic E-state index is 0.0473. The molecule has 8 heteroatoms. The van der Waals surface area contributed by atoms with Crippen molar-refractivity contribution in [2.24, 2.45) is 0 Å². The molecule has 25 heavy (non-hydrogen) atoms. The largest absolute Gasteiger partial charge is 0.339 e. The third kappa shape index (κ3) is 3.92. The van der Waals surface area contributed by atoms with Gasteiger partial charge < -0.3 is 9.80 Å². The number of carbonyl (C=O) groups is 1. The van der Waals surface area contributed by atoms with E-state index in [1.807, 2.05) is 4.90 Å². The third-order valence-corrected chi connectivity index (χ3v) is 7.49. The van der Waals surface area contributed by atoms with Crippen molar-refractivity contribution in [3.63, 3.8) is 0 Å². The first-order valence-corrected chi connectivity index (χ1v) is 11.0. The van der Waals surface area contributed by atoms with Crippen molar-refractivity contribution >= 4 is 31.9 Å². The zero-order chi connectivity index (χ0) is 18.0. The summed E-state index contributed by atoms with van der Waals surface area (Å²) in [6.45, 7) is 6.56. The van der Waals surface area contributed by atoms with E-state index in [1.54, 1.807) is 24.3 Å². The fourth-order valence-electron chi connectivity index (χ4n) is 3.51. The molecule has 3 rings (SSSR count). The van der Waals surface area contributed by atoms with E-state index in [4.69, 9.17) is 0 Å². The summed E-state index contributed by atoms with van der Waals surface area (Å²) in [5.74, 6) is -0.0473. The normalized spacial score (nSPS) is 23.1. The fourth-order valence-corrected chi connectivity index (χ4v) is 5.43. The van der Waals surface area contributed by atoms with Crippen molar-refractivity contribution in [2.45, 2.75) is 30.7 Å². The van der Waals surface area contributed by atoms with Gasteiger partial charge in [-0.05, 0) is 43.7 Å². The number of hydrogen-bond donors (Lipinski definition) is 0. The van der Waals surface area contributed by atoms with Crippen LogP contribution in [0.1, 0.15) is 19.8 Å². The summed E-state index contributed by atoms with van der Waals surface area (Å²) < 4.78 is 28.2. The summed E-state index contributed by atoms with van der Waals surface area (Å²) in [5.41, 5.74) is 0. The highest BCUT2D eigenvalue weighted by molar-refractivity contribution is 9.10. The quantitative estimate of drug-likeness (QED) is 0.731. The predicted octanol–water partition coefficient (Wildman–Crippen LogP) is 1.77. The molecule has 0 aromatic heterocycles. The SMILES string of the molecule is CCN1CCN(C(=O)C2CCCN2S(=O)(=O)c2ccc(Br)cc2)CC1. The summed E-state index contributed by atoms with van der Waals surface area (Å²) >= 11 is 3.32. The van der Waals surface area contributed by atoms with Gasteiger partial charge in [-0.3, -0.25) is 4.79 Å². The molecular formula is C17H24BrN3O3S. The van der Waals surface area contributed by atoms with E-state index < -0.39 is 16.1 Å². The first-order valence-electron chi connectivity index (χ1n) is 8.72. The van der Waals surface area contributed by atoms with Crippen LogP contribution in [0.3, 0.4) is 0 Å². The molecule has 2 heterocycles. The van der Waals surface area contributed by atoms with Gasteiger partial charge in [0.15, 0.2) is 0 Å². The van der Waals surface area contributed by atoms with Crippen molar-refractivity contribution in [1.82, 2.24) is 14.1 Å². The molecule has 1 unspecified atom stereocenters. The first kappa shape index (κ1) is 18.8. The second-order valence-electron chi connectivity index (χ2n) is 6.49. The summed E-state index contributed by atoms with van der Waals surface area (Å²) in [7, 11) is -3.65. The smallest absolute Gasteiger partial charge is 0.243 e. The maximum absolute atomic E-state index is 13.0. The molecule has 0 N–H and O–H groups in total. The number of nitrogens with zero attached hydrogens (tertiary/aromatic N) is 3. The number of hydrogen-bond acceptors (Lipinski definition) is 4. The molecule has 1 amide bonds. The van der Waals surface area contributed by atoms with Crippen LogP contribution in [0.25, 0.3) is 0 Å². The van der Waals surface area contributed by atoms with Crippen LogP contribution in [0.5, 0.6) is 0 Å². The Morgan fingerprint density at radius 3 is 2.36 bits per heavy atom. The molecule has 0 radical (unpaired) electrons. The lowest BCUT2D eigenvalue weighted by molar-refractivity contribution is -0.136. The predicted molar refractivity (Wildman–Crippen MR) is 99.7 cm³/mol. The van der Waals surface area contributed by atoms with E-state index in [0.29, 0.717) is 26.1 Å². The molecule has 0 bridgehead atoms. The molecular weight excluding hydrogens is 406 g/mol. The Labute approximate surface area is 158 Å². The molecule has 0 aliphatic carbocycles. The van der Waals surface area contributed by atoms with Gasteiger partial charge >= 0.3 is 0 Å². The van der Waals surface area contributed by atoms with E-state index >= 15 is 0 Å². The molecule has 2 aliphatic rings. The Hall–Kier alpha value is -0.960. The molecule has 2 saturated heterocycles.